The maximum absolute atomic E-state index is 9.23. The van der Waals surface area contributed by atoms with E-state index in [9.17, 15) is 10.0 Å². The topological polar surface area (TPSA) is 58.3 Å². The minimum absolute atomic E-state index is 0.470. The number of nitrogens with zero attached hydrogens (tertiary/aromatic N) is 2. The van der Waals surface area contributed by atoms with Crippen molar-refractivity contribution in [1.29, 1.82) is 0 Å². The summed E-state index contributed by atoms with van der Waals surface area (Å²) in [5.41, 5.74) is 3.38. The Morgan fingerprint density at radius 1 is 0.818 bits per heavy atom. The first kappa shape index (κ1) is 13.1. The molecule has 0 radical (unpaired) electrons. The van der Waals surface area contributed by atoms with Crippen LogP contribution in [-0.4, -0.2) is 26.7 Å². The largest absolute Gasteiger partial charge is 0.488 e. The van der Waals surface area contributed by atoms with E-state index in [1.165, 1.54) is 0 Å². The third-order valence-corrected chi connectivity index (χ3v) is 3.88. The Morgan fingerprint density at radius 3 is 2.32 bits per heavy atom. The Kier molecular flexibility index (Phi) is 2.96. The molecule has 0 fully saturated rings. The van der Waals surface area contributed by atoms with Crippen molar-refractivity contribution < 1.29 is 10.0 Å². The van der Waals surface area contributed by atoms with Crippen molar-refractivity contribution in [2.75, 3.05) is 0 Å². The van der Waals surface area contributed by atoms with Gasteiger partial charge < -0.3 is 10.0 Å². The highest BCUT2D eigenvalue weighted by Gasteiger charge is 2.14. The molecule has 0 aliphatic carbocycles. The summed E-state index contributed by atoms with van der Waals surface area (Å²) in [5, 5.41) is 20.7. The monoisotopic (exact) mass is 288 g/mol. The predicted octanol–water partition coefficient (Wildman–Crippen LogP) is 1.86. The summed E-state index contributed by atoms with van der Waals surface area (Å²) in [4.78, 5) is 4.52. The molecule has 4 rings (SSSR count). The van der Waals surface area contributed by atoms with Gasteiger partial charge in [-0.05, 0) is 35.8 Å². The number of aromatic nitrogens is 2. The van der Waals surface area contributed by atoms with Crippen molar-refractivity contribution in [1.82, 2.24) is 9.55 Å². The van der Waals surface area contributed by atoms with Crippen LogP contribution in [-0.2, 0) is 0 Å². The highest BCUT2D eigenvalue weighted by molar-refractivity contribution is 6.58. The Morgan fingerprint density at radius 2 is 1.55 bits per heavy atom. The molecule has 0 aliphatic heterocycles. The third kappa shape index (κ3) is 1.91. The molecule has 106 valence electrons. The van der Waals surface area contributed by atoms with Crippen molar-refractivity contribution in [3.8, 4) is 5.69 Å². The lowest BCUT2D eigenvalue weighted by molar-refractivity contribution is 0.426. The van der Waals surface area contributed by atoms with Crippen LogP contribution in [0.2, 0.25) is 0 Å². The first-order valence-corrected chi connectivity index (χ1v) is 7.06. The number of rotatable bonds is 2. The maximum Gasteiger partial charge on any atom is 0.488 e. The minimum Gasteiger partial charge on any atom is -0.423 e. The molecule has 0 bridgehead atoms. The fourth-order valence-electron chi connectivity index (χ4n) is 2.85. The second-order valence-electron chi connectivity index (χ2n) is 5.19. The third-order valence-electron chi connectivity index (χ3n) is 3.88. The van der Waals surface area contributed by atoms with Gasteiger partial charge in [0.25, 0.3) is 0 Å². The highest BCUT2D eigenvalue weighted by atomic mass is 16.4. The number of hydrogen-bond acceptors (Lipinski definition) is 3. The first-order valence-electron chi connectivity index (χ1n) is 7.06. The van der Waals surface area contributed by atoms with Crippen LogP contribution >= 0.6 is 0 Å². The Balaban J connectivity index is 2.04. The van der Waals surface area contributed by atoms with Gasteiger partial charge in [0, 0.05) is 22.7 Å². The van der Waals surface area contributed by atoms with Crippen LogP contribution in [0.25, 0.3) is 27.6 Å². The van der Waals surface area contributed by atoms with E-state index in [1.54, 1.807) is 18.3 Å². The molecule has 0 spiro atoms. The van der Waals surface area contributed by atoms with Crippen molar-refractivity contribution in [2.24, 2.45) is 0 Å². The molecule has 4 nitrogen and oxygen atoms in total. The van der Waals surface area contributed by atoms with Crippen molar-refractivity contribution >= 4 is 34.5 Å². The highest BCUT2D eigenvalue weighted by Crippen LogP contribution is 2.29. The normalized spacial score (nSPS) is 11.2. The average Bonchev–Trinajstić information content (AvgIpc) is 2.89. The van der Waals surface area contributed by atoms with Crippen LogP contribution < -0.4 is 5.46 Å². The van der Waals surface area contributed by atoms with E-state index < -0.39 is 7.12 Å². The van der Waals surface area contributed by atoms with Crippen LogP contribution in [0.1, 0.15) is 0 Å². The quantitative estimate of drug-likeness (QED) is 0.553. The lowest BCUT2D eigenvalue weighted by atomic mass is 9.80. The zero-order valence-electron chi connectivity index (χ0n) is 11.7. The summed E-state index contributed by atoms with van der Waals surface area (Å²) < 4.78 is 2.08. The van der Waals surface area contributed by atoms with E-state index in [0.29, 0.717) is 5.46 Å². The van der Waals surface area contributed by atoms with Gasteiger partial charge in [0.1, 0.15) is 5.65 Å². The van der Waals surface area contributed by atoms with E-state index in [4.69, 9.17) is 0 Å². The van der Waals surface area contributed by atoms with Crippen molar-refractivity contribution in [2.45, 2.75) is 0 Å². The van der Waals surface area contributed by atoms with Crippen LogP contribution in [0.4, 0.5) is 0 Å². The Bertz CT molecular complexity index is 908. The van der Waals surface area contributed by atoms with Gasteiger partial charge in [-0.15, -0.1) is 0 Å². The molecule has 2 aromatic carbocycles. The maximum atomic E-state index is 9.23. The first-order chi connectivity index (χ1) is 10.8. The number of hydrogen-bond donors (Lipinski definition) is 2. The van der Waals surface area contributed by atoms with E-state index in [0.717, 1.165) is 27.6 Å². The molecule has 22 heavy (non-hydrogen) atoms. The summed E-state index contributed by atoms with van der Waals surface area (Å²) in [7, 11) is -1.45. The number of fused-ring (bicyclic) bond motifs is 3. The number of benzene rings is 2. The minimum atomic E-state index is -1.45. The summed E-state index contributed by atoms with van der Waals surface area (Å²) in [6.45, 7) is 0. The van der Waals surface area contributed by atoms with Gasteiger partial charge in [0.05, 0.1) is 5.52 Å². The Labute approximate surface area is 127 Å². The van der Waals surface area contributed by atoms with Gasteiger partial charge in [-0.1, -0.05) is 30.3 Å². The second-order valence-corrected chi connectivity index (χ2v) is 5.19. The van der Waals surface area contributed by atoms with E-state index in [1.807, 2.05) is 30.3 Å². The smallest absolute Gasteiger partial charge is 0.423 e. The van der Waals surface area contributed by atoms with Crippen LogP contribution in [0.5, 0.6) is 0 Å². The van der Waals surface area contributed by atoms with Gasteiger partial charge in [-0.2, -0.15) is 0 Å². The lowest BCUT2D eigenvalue weighted by Gasteiger charge is -2.08. The summed E-state index contributed by atoms with van der Waals surface area (Å²) in [6, 6.07) is 19.3. The fraction of sp³-hybridized carbons (Fsp3) is 0. The average molecular weight is 288 g/mol. The number of pyridine rings is 1. The van der Waals surface area contributed by atoms with Gasteiger partial charge in [-0.25, -0.2) is 4.98 Å². The number of para-hydroxylation sites is 1. The van der Waals surface area contributed by atoms with Crippen LogP contribution in [0.3, 0.4) is 0 Å². The van der Waals surface area contributed by atoms with E-state index >= 15 is 0 Å². The molecule has 0 saturated carbocycles. The summed E-state index contributed by atoms with van der Waals surface area (Å²) >= 11 is 0. The molecule has 2 aromatic heterocycles. The molecule has 0 amide bonds. The van der Waals surface area contributed by atoms with Gasteiger partial charge in [0.15, 0.2) is 0 Å². The molecular formula is C17H13BN2O2. The molecule has 0 atom stereocenters. The van der Waals surface area contributed by atoms with Crippen LogP contribution in [0, 0.1) is 0 Å². The van der Waals surface area contributed by atoms with Gasteiger partial charge in [0.2, 0.25) is 0 Å². The summed E-state index contributed by atoms with van der Waals surface area (Å²) in [5.74, 6) is 0. The molecule has 0 aliphatic rings. The second kappa shape index (κ2) is 4.98. The summed E-state index contributed by atoms with van der Waals surface area (Å²) in [6.07, 6.45) is 1.78. The van der Waals surface area contributed by atoms with Crippen molar-refractivity contribution in [3.05, 3.63) is 66.9 Å². The SMILES string of the molecule is OB(O)c1ccc(-n2c3ccccc3c3cccnc32)cc1. The molecule has 0 unspecified atom stereocenters. The zero-order valence-corrected chi connectivity index (χ0v) is 11.7. The molecular weight excluding hydrogens is 275 g/mol. The predicted molar refractivity (Wildman–Crippen MR) is 88.4 cm³/mol. The van der Waals surface area contributed by atoms with Gasteiger partial charge >= 0.3 is 7.12 Å². The van der Waals surface area contributed by atoms with E-state index in [-0.39, 0.29) is 0 Å². The molecule has 2 heterocycles. The van der Waals surface area contributed by atoms with Gasteiger partial charge in [-0.3, -0.25) is 4.57 Å². The molecule has 2 N–H and O–H groups in total. The van der Waals surface area contributed by atoms with Crippen LogP contribution in [0.15, 0.2) is 66.9 Å². The fourth-order valence-corrected chi connectivity index (χ4v) is 2.85. The molecule has 4 aromatic rings. The van der Waals surface area contributed by atoms with E-state index in [2.05, 4.69) is 27.8 Å². The zero-order chi connectivity index (χ0) is 15.1. The van der Waals surface area contributed by atoms with Crippen molar-refractivity contribution in [3.63, 3.8) is 0 Å². The molecule has 5 heteroatoms. The molecule has 0 saturated heterocycles. The Hall–Kier alpha value is -2.63. The lowest BCUT2D eigenvalue weighted by Crippen LogP contribution is -2.29. The standard InChI is InChI=1S/C17H13BN2O2/c21-18(22)12-7-9-13(10-8-12)20-16-6-2-1-4-14(16)15-5-3-11-19-17(15)20/h1-11,21-22H.